The number of fused-ring (bicyclic) bond motifs is 2. The van der Waals surface area contributed by atoms with E-state index in [0.29, 0.717) is 5.41 Å². The molecule has 1 aromatic carbocycles. The van der Waals surface area contributed by atoms with E-state index in [1.807, 2.05) is 18.5 Å². The summed E-state index contributed by atoms with van der Waals surface area (Å²) in [4.78, 5) is 11.5. The molecule has 0 fully saturated rings. The Morgan fingerprint density at radius 3 is 2.78 bits per heavy atom. The number of aromatic amines is 2. The molecule has 3 heterocycles. The highest BCUT2D eigenvalue weighted by Crippen LogP contribution is 2.44. The van der Waals surface area contributed by atoms with Gasteiger partial charge < -0.3 is 15.3 Å². The van der Waals surface area contributed by atoms with Crippen molar-refractivity contribution in [2.45, 2.75) is 33.1 Å². The molecule has 0 aliphatic heterocycles. The van der Waals surface area contributed by atoms with E-state index in [2.05, 4.69) is 70.5 Å². The molecule has 4 heteroatoms. The van der Waals surface area contributed by atoms with Crippen molar-refractivity contribution in [1.29, 1.82) is 0 Å². The molecular formula is C23H24N4. The Morgan fingerprint density at radius 1 is 1.07 bits per heavy atom. The summed E-state index contributed by atoms with van der Waals surface area (Å²) in [5.74, 6) is 0. The number of hydrogen-bond donors (Lipinski definition) is 3. The highest BCUT2D eigenvalue weighted by molar-refractivity contribution is 5.97. The summed E-state index contributed by atoms with van der Waals surface area (Å²) in [6.45, 7) is 4.72. The van der Waals surface area contributed by atoms with Gasteiger partial charge in [0.25, 0.3) is 0 Å². The van der Waals surface area contributed by atoms with Crippen LogP contribution in [0.15, 0.2) is 54.9 Å². The first-order valence-electron chi connectivity index (χ1n) is 9.59. The molecular weight excluding hydrogens is 332 g/mol. The second kappa shape index (κ2) is 6.02. The third-order valence-corrected chi connectivity index (χ3v) is 5.67. The number of nitrogens with zero attached hydrogens (tertiary/aromatic N) is 1. The van der Waals surface area contributed by atoms with E-state index in [-0.39, 0.29) is 0 Å². The molecule has 0 radical (unpaired) electrons. The van der Waals surface area contributed by atoms with E-state index in [4.69, 9.17) is 0 Å². The number of pyridine rings is 1. The second-order valence-electron chi connectivity index (χ2n) is 8.26. The molecule has 3 aromatic heterocycles. The van der Waals surface area contributed by atoms with Crippen LogP contribution in [-0.4, -0.2) is 15.0 Å². The largest absolute Gasteiger partial charge is 0.356 e. The Bertz CT molecular complexity index is 1100. The second-order valence-corrected chi connectivity index (χ2v) is 8.26. The third kappa shape index (κ3) is 2.81. The Kier molecular flexibility index (Phi) is 3.61. The molecule has 0 spiro atoms. The van der Waals surface area contributed by atoms with Crippen molar-refractivity contribution in [1.82, 2.24) is 15.0 Å². The quantitative estimate of drug-likeness (QED) is 0.433. The number of aromatic nitrogens is 3. The maximum Gasteiger partial charge on any atom is 0.137 e. The molecule has 0 saturated heterocycles. The van der Waals surface area contributed by atoms with Crippen LogP contribution < -0.4 is 5.32 Å². The van der Waals surface area contributed by atoms with Gasteiger partial charge in [-0.05, 0) is 54.5 Å². The first-order chi connectivity index (χ1) is 13.1. The number of H-pyrrole nitrogens is 2. The van der Waals surface area contributed by atoms with E-state index in [1.54, 1.807) is 0 Å². The average molecular weight is 356 g/mol. The molecule has 5 rings (SSSR count). The van der Waals surface area contributed by atoms with Gasteiger partial charge in [-0.25, -0.2) is 4.98 Å². The number of benzene rings is 1. The lowest BCUT2D eigenvalue weighted by Gasteiger charge is -2.29. The highest BCUT2D eigenvalue weighted by Gasteiger charge is 2.30. The fraction of sp³-hybridized carbons (Fsp3) is 0.261. The summed E-state index contributed by atoms with van der Waals surface area (Å²) in [5, 5.41) is 4.85. The molecule has 0 unspecified atom stereocenters. The van der Waals surface area contributed by atoms with E-state index in [1.165, 1.54) is 28.9 Å². The van der Waals surface area contributed by atoms with Crippen LogP contribution in [0.5, 0.6) is 0 Å². The van der Waals surface area contributed by atoms with Crippen molar-refractivity contribution < 1.29 is 0 Å². The van der Waals surface area contributed by atoms with Gasteiger partial charge in [0.15, 0.2) is 0 Å². The summed E-state index contributed by atoms with van der Waals surface area (Å²) < 4.78 is 0. The molecule has 0 amide bonds. The minimum absolute atomic E-state index is 0.334. The number of nitrogens with one attached hydrogen (secondary N) is 3. The topological polar surface area (TPSA) is 56.5 Å². The smallest absolute Gasteiger partial charge is 0.137 e. The molecule has 0 saturated carbocycles. The molecule has 1 aliphatic carbocycles. The SMILES string of the molecule is CC1(C)CCc2c([nH]c(-c3ccnc4[nH]ccc34)c2Nc2ccccc2)C1. The van der Waals surface area contributed by atoms with Crippen molar-refractivity contribution in [2.75, 3.05) is 5.32 Å². The monoisotopic (exact) mass is 356 g/mol. The Hall–Kier alpha value is -3.01. The molecule has 0 atom stereocenters. The van der Waals surface area contributed by atoms with Gasteiger partial charge in [0.2, 0.25) is 0 Å². The third-order valence-electron chi connectivity index (χ3n) is 5.67. The maximum absolute atomic E-state index is 4.46. The Labute approximate surface area is 159 Å². The predicted octanol–water partition coefficient (Wildman–Crippen LogP) is 5.82. The van der Waals surface area contributed by atoms with Crippen molar-refractivity contribution in [3.63, 3.8) is 0 Å². The van der Waals surface area contributed by atoms with Crippen molar-refractivity contribution in [3.05, 3.63) is 66.1 Å². The van der Waals surface area contributed by atoms with Crippen LogP contribution >= 0.6 is 0 Å². The standard InChI is InChI=1S/C23H24N4/c1-23(2)11-8-18-19(14-23)27-20(21(18)26-15-6-4-3-5-7-15)16-9-12-24-22-17(16)10-13-25-22/h3-7,9-10,12-13,26-27H,8,11,14H2,1-2H3,(H,24,25). The van der Waals surface area contributed by atoms with Crippen LogP contribution in [0, 0.1) is 5.41 Å². The van der Waals surface area contributed by atoms with Crippen molar-refractivity contribution >= 4 is 22.4 Å². The van der Waals surface area contributed by atoms with E-state index < -0.39 is 0 Å². The molecule has 4 nitrogen and oxygen atoms in total. The summed E-state index contributed by atoms with van der Waals surface area (Å²) in [6.07, 6.45) is 7.21. The number of rotatable bonds is 3. The molecule has 27 heavy (non-hydrogen) atoms. The van der Waals surface area contributed by atoms with Gasteiger partial charge in [0.1, 0.15) is 5.65 Å². The summed E-state index contributed by atoms with van der Waals surface area (Å²) >= 11 is 0. The number of hydrogen-bond acceptors (Lipinski definition) is 2. The predicted molar refractivity (Wildman–Crippen MR) is 111 cm³/mol. The number of anilines is 2. The van der Waals surface area contributed by atoms with Gasteiger partial charge >= 0.3 is 0 Å². The maximum atomic E-state index is 4.46. The molecule has 3 N–H and O–H groups in total. The fourth-order valence-corrected chi connectivity index (χ4v) is 4.23. The lowest BCUT2D eigenvalue weighted by atomic mass is 9.76. The minimum Gasteiger partial charge on any atom is -0.356 e. The first kappa shape index (κ1) is 16.2. The Balaban J connectivity index is 1.70. The first-order valence-corrected chi connectivity index (χ1v) is 9.59. The van der Waals surface area contributed by atoms with Crippen molar-refractivity contribution in [2.24, 2.45) is 5.41 Å². The van der Waals surface area contributed by atoms with Gasteiger partial charge in [-0.2, -0.15) is 0 Å². The fourth-order valence-electron chi connectivity index (χ4n) is 4.23. The average Bonchev–Trinajstić information content (AvgIpc) is 3.26. The van der Waals surface area contributed by atoms with Crippen molar-refractivity contribution in [3.8, 4) is 11.3 Å². The molecule has 136 valence electrons. The van der Waals surface area contributed by atoms with Crippen LogP contribution in [0.4, 0.5) is 11.4 Å². The van der Waals surface area contributed by atoms with E-state index in [9.17, 15) is 0 Å². The van der Waals surface area contributed by atoms with E-state index >= 15 is 0 Å². The normalized spacial score (nSPS) is 15.6. The lowest BCUT2D eigenvalue weighted by molar-refractivity contribution is 0.313. The summed E-state index contributed by atoms with van der Waals surface area (Å²) in [5.41, 5.74) is 8.71. The van der Waals surface area contributed by atoms with Crippen LogP contribution in [0.25, 0.3) is 22.3 Å². The zero-order valence-electron chi connectivity index (χ0n) is 15.8. The highest BCUT2D eigenvalue weighted by atomic mass is 14.9. The Morgan fingerprint density at radius 2 is 1.93 bits per heavy atom. The van der Waals surface area contributed by atoms with Crippen LogP contribution in [-0.2, 0) is 12.8 Å². The molecule has 4 aromatic rings. The lowest BCUT2D eigenvalue weighted by Crippen LogP contribution is -2.22. The van der Waals surface area contributed by atoms with Gasteiger partial charge in [0, 0.05) is 34.7 Å². The van der Waals surface area contributed by atoms with Gasteiger partial charge in [-0.3, -0.25) is 0 Å². The molecule has 1 aliphatic rings. The van der Waals surface area contributed by atoms with Gasteiger partial charge in [0.05, 0.1) is 11.4 Å². The minimum atomic E-state index is 0.334. The molecule has 0 bridgehead atoms. The van der Waals surface area contributed by atoms with Crippen LogP contribution in [0.1, 0.15) is 31.5 Å². The van der Waals surface area contributed by atoms with Gasteiger partial charge in [-0.15, -0.1) is 0 Å². The summed E-state index contributed by atoms with van der Waals surface area (Å²) in [6, 6.07) is 14.6. The van der Waals surface area contributed by atoms with Crippen LogP contribution in [0.3, 0.4) is 0 Å². The zero-order valence-corrected chi connectivity index (χ0v) is 15.8. The van der Waals surface area contributed by atoms with Crippen LogP contribution in [0.2, 0.25) is 0 Å². The number of para-hydroxylation sites is 1. The summed E-state index contributed by atoms with van der Waals surface area (Å²) in [7, 11) is 0. The zero-order chi connectivity index (χ0) is 18.4. The van der Waals surface area contributed by atoms with E-state index in [0.717, 1.165) is 35.3 Å². The van der Waals surface area contributed by atoms with Gasteiger partial charge in [-0.1, -0.05) is 32.0 Å².